The first kappa shape index (κ1) is 19.1. The van der Waals surface area contributed by atoms with Gasteiger partial charge in [-0.2, -0.15) is 9.41 Å². The molecule has 2 rings (SSSR count). The average Bonchev–Trinajstić information content (AvgIpc) is 2.58. The fourth-order valence-electron chi connectivity index (χ4n) is 1.90. The fraction of sp³-hybridized carbons (Fsp3) is 0.125. The van der Waals surface area contributed by atoms with Crippen LogP contribution in [0.15, 0.2) is 63.0 Å². The molecule has 0 heterocycles. The highest BCUT2D eigenvalue weighted by Crippen LogP contribution is 2.19. The van der Waals surface area contributed by atoms with Crippen LogP contribution in [0.3, 0.4) is 0 Å². The second-order valence-corrected chi connectivity index (χ2v) is 8.03. The van der Waals surface area contributed by atoms with Crippen molar-refractivity contribution >= 4 is 38.1 Å². The molecule has 0 radical (unpaired) electrons. The summed E-state index contributed by atoms with van der Waals surface area (Å²) < 4.78 is 26.3. The van der Waals surface area contributed by atoms with Crippen molar-refractivity contribution in [2.45, 2.75) is 4.90 Å². The van der Waals surface area contributed by atoms with E-state index in [1.54, 1.807) is 30.3 Å². The van der Waals surface area contributed by atoms with Crippen LogP contribution < -0.4 is 5.43 Å². The second kappa shape index (κ2) is 8.24. The van der Waals surface area contributed by atoms with Gasteiger partial charge in [0.15, 0.2) is 0 Å². The molecule has 0 unspecified atom stereocenters. The minimum atomic E-state index is -3.75. The van der Waals surface area contributed by atoms with Crippen molar-refractivity contribution in [2.75, 3.05) is 13.6 Å². The molecule has 132 valence electrons. The van der Waals surface area contributed by atoms with E-state index in [4.69, 9.17) is 0 Å². The number of phenols is 1. The molecular formula is C16H16BrN3O4S. The van der Waals surface area contributed by atoms with E-state index in [9.17, 15) is 18.3 Å². The lowest BCUT2D eigenvalue weighted by molar-refractivity contribution is -0.121. The second-order valence-electron chi connectivity index (χ2n) is 5.07. The van der Waals surface area contributed by atoms with Crippen LogP contribution in [-0.2, 0) is 14.8 Å². The van der Waals surface area contributed by atoms with E-state index in [2.05, 4.69) is 26.5 Å². The molecule has 0 aliphatic rings. The lowest BCUT2D eigenvalue weighted by atomic mass is 10.2. The van der Waals surface area contributed by atoms with E-state index in [0.29, 0.717) is 5.56 Å². The first-order chi connectivity index (χ1) is 11.8. The Morgan fingerprint density at radius 1 is 1.28 bits per heavy atom. The number of benzene rings is 2. The van der Waals surface area contributed by atoms with Crippen molar-refractivity contribution in [3.63, 3.8) is 0 Å². The molecule has 2 N–H and O–H groups in total. The molecule has 9 heteroatoms. The van der Waals surface area contributed by atoms with Gasteiger partial charge in [0.25, 0.3) is 5.91 Å². The summed E-state index contributed by atoms with van der Waals surface area (Å²) in [5, 5.41) is 13.4. The van der Waals surface area contributed by atoms with E-state index in [0.717, 1.165) is 8.78 Å². The molecule has 0 saturated heterocycles. The van der Waals surface area contributed by atoms with Gasteiger partial charge in [0.2, 0.25) is 10.0 Å². The summed E-state index contributed by atoms with van der Waals surface area (Å²) >= 11 is 3.26. The lowest BCUT2D eigenvalue weighted by Crippen LogP contribution is -2.36. The number of nitrogens with one attached hydrogen (secondary N) is 1. The van der Waals surface area contributed by atoms with Crippen LogP contribution >= 0.6 is 15.9 Å². The summed E-state index contributed by atoms with van der Waals surface area (Å²) in [5.74, 6) is -0.599. The van der Waals surface area contributed by atoms with Gasteiger partial charge in [-0.15, -0.1) is 0 Å². The number of aromatic hydroxyl groups is 1. The number of nitrogens with zero attached hydrogens (tertiary/aromatic N) is 2. The van der Waals surface area contributed by atoms with Gasteiger partial charge in [0, 0.05) is 17.1 Å². The molecule has 2 aromatic carbocycles. The van der Waals surface area contributed by atoms with Gasteiger partial charge in [0.1, 0.15) is 5.75 Å². The molecule has 25 heavy (non-hydrogen) atoms. The Balaban J connectivity index is 1.98. The molecule has 0 fully saturated rings. The number of carbonyl (C=O) groups is 1. The Morgan fingerprint density at radius 3 is 2.64 bits per heavy atom. The number of phenolic OH excluding ortho intramolecular Hbond substituents is 1. The van der Waals surface area contributed by atoms with Gasteiger partial charge < -0.3 is 5.11 Å². The molecule has 2 aromatic rings. The number of rotatable bonds is 6. The van der Waals surface area contributed by atoms with E-state index in [1.807, 2.05) is 0 Å². The van der Waals surface area contributed by atoms with Crippen molar-refractivity contribution in [2.24, 2.45) is 5.10 Å². The smallest absolute Gasteiger partial charge is 0.255 e. The van der Waals surface area contributed by atoms with Gasteiger partial charge in [-0.25, -0.2) is 13.8 Å². The number of sulfonamides is 1. The Hall–Kier alpha value is -2.23. The fourth-order valence-corrected chi connectivity index (χ4v) is 3.42. The number of likely N-dealkylation sites (N-methyl/N-ethyl adjacent to an activating group) is 1. The first-order valence-electron chi connectivity index (χ1n) is 7.12. The molecule has 0 bridgehead atoms. The highest BCUT2D eigenvalue weighted by atomic mass is 79.9. The maximum atomic E-state index is 12.3. The van der Waals surface area contributed by atoms with Crippen LogP contribution in [0.25, 0.3) is 0 Å². The van der Waals surface area contributed by atoms with Crippen LogP contribution in [0.5, 0.6) is 5.75 Å². The van der Waals surface area contributed by atoms with Crippen LogP contribution in [0.2, 0.25) is 0 Å². The van der Waals surface area contributed by atoms with Crippen LogP contribution in [-0.4, -0.2) is 43.5 Å². The van der Waals surface area contributed by atoms with Crippen molar-refractivity contribution in [1.29, 1.82) is 0 Å². The number of halogens is 1. The number of hydrogen-bond donors (Lipinski definition) is 2. The predicted molar refractivity (Wildman–Crippen MR) is 97.8 cm³/mol. The molecule has 0 saturated carbocycles. The van der Waals surface area contributed by atoms with Gasteiger partial charge in [0.05, 0.1) is 17.7 Å². The van der Waals surface area contributed by atoms with Crippen LogP contribution in [0.4, 0.5) is 0 Å². The van der Waals surface area contributed by atoms with Crippen LogP contribution in [0, 0.1) is 0 Å². The molecule has 0 aliphatic carbocycles. The third-order valence-corrected chi connectivity index (χ3v) is 5.51. The zero-order valence-electron chi connectivity index (χ0n) is 13.3. The molecule has 7 nitrogen and oxygen atoms in total. The quantitative estimate of drug-likeness (QED) is 0.545. The predicted octanol–water partition coefficient (Wildman–Crippen LogP) is 1.93. The number of hydrogen-bond acceptors (Lipinski definition) is 5. The normalized spacial score (nSPS) is 11.8. The number of hydrazone groups is 1. The molecule has 1 amide bonds. The van der Waals surface area contributed by atoms with Crippen molar-refractivity contribution in [1.82, 2.24) is 9.73 Å². The molecule has 0 atom stereocenters. The minimum absolute atomic E-state index is 0.00460. The summed E-state index contributed by atoms with van der Waals surface area (Å²) in [5.41, 5.74) is 2.63. The highest BCUT2D eigenvalue weighted by molar-refractivity contribution is 9.10. The summed E-state index contributed by atoms with van der Waals surface area (Å²) in [6.07, 6.45) is 1.27. The molecule has 0 spiro atoms. The number of carbonyl (C=O) groups excluding carboxylic acids is 1. The zero-order chi connectivity index (χ0) is 18.4. The van der Waals surface area contributed by atoms with Crippen molar-refractivity contribution in [3.05, 3.63) is 58.6 Å². The van der Waals surface area contributed by atoms with Gasteiger partial charge in [-0.3, -0.25) is 4.79 Å². The van der Waals surface area contributed by atoms with Crippen molar-refractivity contribution in [3.8, 4) is 5.75 Å². The van der Waals surface area contributed by atoms with Gasteiger partial charge in [-0.1, -0.05) is 34.1 Å². The summed E-state index contributed by atoms with van der Waals surface area (Å²) in [6, 6.07) is 12.6. The van der Waals surface area contributed by atoms with E-state index in [1.165, 1.54) is 31.5 Å². The highest BCUT2D eigenvalue weighted by Gasteiger charge is 2.22. The maximum absolute atomic E-state index is 12.3. The summed E-state index contributed by atoms with van der Waals surface area (Å²) in [7, 11) is -2.44. The van der Waals surface area contributed by atoms with Crippen LogP contribution in [0.1, 0.15) is 5.56 Å². The monoisotopic (exact) mass is 425 g/mol. The van der Waals surface area contributed by atoms with E-state index < -0.39 is 15.9 Å². The van der Waals surface area contributed by atoms with E-state index in [-0.39, 0.29) is 17.2 Å². The summed E-state index contributed by atoms with van der Waals surface area (Å²) in [4.78, 5) is 12.0. The summed E-state index contributed by atoms with van der Waals surface area (Å²) in [6.45, 7) is -0.390. The average molecular weight is 426 g/mol. The molecule has 0 aromatic heterocycles. The minimum Gasteiger partial charge on any atom is -0.507 e. The first-order valence-corrected chi connectivity index (χ1v) is 9.36. The SMILES string of the molecule is CN(CC(=O)NN=Cc1cc(Br)ccc1O)S(=O)(=O)c1ccccc1. The van der Waals surface area contributed by atoms with Gasteiger partial charge in [-0.05, 0) is 30.3 Å². The lowest BCUT2D eigenvalue weighted by Gasteiger charge is -2.15. The Kier molecular flexibility index (Phi) is 6.29. The maximum Gasteiger partial charge on any atom is 0.255 e. The largest absolute Gasteiger partial charge is 0.507 e. The van der Waals surface area contributed by atoms with Crippen molar-refractivity contribution < 1.29 is 18.3 Å². The molecule has 0 aliphatic heterocycles. The Labute approximate surface area is 154 Å². The molecular weight excluding hydrogens is 410 g/mol. The standard InChI is InChI=1S/C16H16BrN3O4S/c1-20(25(23,24)14-5-3-2-4-6-14)11-16(22)19-18-10-12-9-13(17)7-8-15(12)21/h2-10,21H,11H2,1H3,(H,19,22). The third-order valence-electron chi connectivity index (χ3n) is 3.20. The number of amides is 1. The third kappa shape index (κ3) is 5.12. The Morgan fingerprint density at radius 2 is 1.96 bits per heavy atom. The topological polar surface area (TPSA) is 99.1 Å². The Bertz CT molecular complexity index is 886. The van der Waals surface area contributed by atoms with E-state index >= 15 is 0 Å². The van der Waals surface area contributed by atoms with Gasteiger partial charge >= 0.3 is 0 Å². The zero-order valence-corrected chi connectivity index (χ0v) is 15.7.